The first-order valence-corrected chi connectivity index (χ1v) is 11.5. The molecule has 0 aliphatic carbocycles. The molecule has 6 rings (SSSR count). The van der Waals surface area contributed by atoms with Crippen LogP contribution in [0.2, 0.25) is 0 Å². The fraction of sp³-hybridized carbons (Fsp3) is 0.333. The van der Waals surface area contributed by atoms with E-state index in [1.165, 1.54) is 17.7 Å². The molecule has 7 heteroatoms. The zero-order chi connectivity index (χ0) is 23.4. The number of fused-ring (bicyclic) bond motifs is 2. The number of rotatable bonds is 6. The van der Waals surface area contributed by atoms with Crippen LogP contribution in [0.3, 0.4) is 0 Å². The van der Waals surface area contributed by atoms with E-state index in [0.717, 1.165) is 39.0 Å². The fourth-order valence-electron chi connectivity index (χ4n) is 5.16. The number of methoxy groups -OCH3 is 1. The Hall–Kier alpha value is -3.29. The van der Waals surface area contributed by atoms with E-state index in [0.29, 0.717) is 26.4 Å². The summed E-state index contributed by atoms with van der Waals surface area (Å²) in [5.74, 6) is -0.254. The van der Waals surface area contributed by atoms with E-state index in [4.69, 9.17) is 9.47 Å². The number of hydrogen-bond acceptors (Lipinski definition) is 4. The molecule has 34 heavy (non-hydrogen) atoms. The second kappa shape index (κ2) is 7.89. The lowest BCUT2D eigenvalue weighted by Gasteiger charge is -2.28. The third kappa shape index (κ3) is 3.30. The average Bonchev–Trinajstić information content (AvgIpc) is 3.48. The van der Waals surface area contributed by atoms with Crippen LogP contribution in [0.25, 0.3) is 27.7 Å². The van der Waals surface area contributed by atoms with Gasteiger partial charge >= 0.3 is 0 Å². The highest BCUT2D eigenvalue weighted by Crippen LogP contribution is 2.44. The molecule has 6 nitrogen and oxygen atoms in total. The molecule has 4 heterocycles. The van der Waals surface area contributed by atoms with Gasteiger partial charge in [0.15, 0.2) is 0 Å². The predicted molar refractivity (Wildman–Crippen MR) is 131 cm³/mol. The molecule has 2 aromatic heterocycles. The summed E-state index contributed by atoms with van der Waals surface area (Å²) in [6, 6.07) is 11.4. The number of nitrogens with zero attached hydrogens (tertiary/aromatic N) is 4. The van der Waals surface area contributed by atoms with Gasteiger partial charge in [-0.3, -0.25) is 9.67 Å². The maximum atomic E-state index is 13.9. The molecule has 0 spiro atoms. The van der Waals surface area contributed by atoms with Gasteiger partial charge in [0.1, 0.15) is 5.82 Å². The van der Waals surface area contributed by atoms with Gasteiger partial charge in [-0.15, -0.1) is 0 Å². The van der Waals surface area contributed by atoms with Crippen molar-refractivity contribution >= 4 is 17.1 Å². The maximum absolute atomic E-state index is 13.9. The Labute approximate surface area is 197 Å². The molecule has 1 saturated heterocycles. The minimum atomic E-state index is -0.336. The van der Waals surface area contributed by atoms with Crippen molar-refractivity contribution in [1.29, 1.82) is 0 Å². The Morgan fingerprint density at radius 3 is 2.68 bits per heavy atom. The summed E-state index contributed by atoms with van der Waals surface area (Å²) in [7, 11) is 1.73. The lowest BCUT2D eigenvalue weighted by Crippen LogP contribution is -2.30. The highest BCUT2D eigenvalue weighted by atomic mass is 19.1. The summed E-state index contributed by atoms with van der Waals surface area (Å²) in [6.07, 6.45) is 6.00. The molecular formula is C27H27FN4O2. The van der Waals surface area contributed by atoms with Crippen molar-refractivity contribution < 1.29 is 13.9 Å². The van der Waals surface area contributed by atoms with E-state index in [2.05, 4.69) is 46.8 Å². The number of aliphatic imine (C=N–C) groups is 1. The van der Waals surface area contributed by atoms with Crippen LogP contribution in [0.5, 0.6) is 0 Å². The third-order valence-corrected chi connectivity index (χ3v) is 6.84. The standard InChI is InChI=1S/C27H27FN4O2/c1-27(2,16-33-3)26-25(19-12-30-31(13-19)22-14-34-15-22)23-8-17-10-29-11-18(17)9-24(23)32(26)21-6-4-20(28)5-7-21/h4-9,11-13,22H,10,14-16H2,1-3H3. The van der Waals surface area contributed by atoms with Gasteiger partial charge in [-0.25, -0.2) is 4.39 Å². The number of halogens is 1. The van der Waals surface area contributed by atoms with E-state index >= 15 is 0 Å². The van der Waals surface area contributed by atoms with Crippen LogP contribution in [-0.4, -0.2) is 47.5 Å². The predicted octanol–water partition coefficient (Wildman–Crippen LogP) is 5.06. The van der Waals surface area contributed by atoms with Gasteiger partial charge in [-0.05, 0) is 47.5 Å². The summed E-state index contributed by atoms with van der Waals surface area (Å²) >= 11 is 0. The minimum absolute atomic E-state index is 0.254. The molecule has 2 aliphatic heterocycles. The normalized spacial score (nSPS) is 15.8. The van der Waals surface area contributed by atoms with E-state index in [1.807, 2.05) is 29.2 Å². The van der Waals surface area contributed by atoms with Crippen molar-refractivity contribution in [3.05, 3.63) is 71.4 Å². The van der Waals surface area contributed by atoms with E-state index in [1.54, 1.807) is 7.11 Å². The second-order valence-corrected chi connectivity index (χ2v) is 9.79. The number of aromatic nitrogens is 3. The van der Waals surface area contributed by atoms with Crippen LogP contribution in [0, 0.1) is 5.82 Å². The first kappa shape index (κ1) is 21.3. The van der Waals surface area contributed by atoms with E-state index < -0.39 is 0 Å². The highest BCUT2D eigenvalue weighted by Gasteiger charge is 2.33. The first-order valence-electron chi connectivity index (χ1n) is 11.5. The molecule has 2 aliphatic rings. The van der Waals surface area contributed by atoms with Crippen molar-refractivity contribution in [1.82, 2.24) is 14.3 Å². The molecule has 2 aromatic carbocycles. The highest BCUT2D eigenvalue weighted by molar-refractivity contribution is 6.03. The van der Waals surface area contributed by atoms with E-state index in [-0.39, 0.29) is 17.3 Å². The zero-order valence-corrected chi connectivity index (χ0v) is 19.6. The van der Waals surface area contributed by atoms with Crippen LogP contribution in [0.4, 0.5) is 4.39 Å². The molecule has 0 amide bonds. The Bertz CT molecular complexity index is 1410. The van der Waals surface area contributed by atoms with Crippen molar-refractivity contribution in [2.24, 2.45) is 4.99 Å². The van der Waals surface area contributed by atoms with Gasteiger partial charge in [0, 0.05) is 52.8 Å². The lowest BCUT2D eigenvalue weighted by atomic mass is 9.85. The average molecular weight is 459 g/mol. The van der Waals surface area contributed by atoms with Crippen LogP contribution < -0.4 is 0 Å². The Kier molecular flexibility index (Phi) is 4.93. The second-order valence-electron chi connectivity index (χ2n) is 9.79. The van der Waals surface area contributed by atoms with Gasteiger partial charge in [0.05, 0.1) is 44.1 Å². The first-order chi connectivity index (χ1) is 16.5. The van der Waals surface area contributed by atoms with Crippen LogP contribution in [0.15, 0.2) is 53.8 Å². The number of hydrogen-bond donors (Lipinski definition) is 0. The quantitative estimate of drug-likeness (QED) is 0.406. The third-order valence-electron chi connectivity index (χ3n) is 6.84. The zero-order valence-electron chi connectivity index (χ0n) is 19.6. The van der Waals surface area contributed by atoms with Crippen molar-refractivity contribution in [3.8, 4) is 16.8 Å². The molecule has 0 radical (unpaired) electrons. The monoisotopic (exact) mass is 458 g/mol. The molecule has 0 saturated carbocycles. The summed E-state index contributed by atoms with van der Waals surface area (Å²) in [6.45, 7) is 6.96. The SMILES string of the molecule is COCC(C)(C)c1c(-c2cnn(C3COC3)c2)c2cc3c(cc2n1-c1ccc(F)cc1)C=NC3. The van der Waals surface area contributed by atoms with Gasteiger partial charge in [-0.1, -0.05) is 13.8 Å². The maximum Gasteiger partial charge on any atom is 0.123 e. The lowest BCUT2D eigenvalue weighted by molar-refractivity contribution is -0.0286. The molecule has 4 aromatic rings. The van der Waals surface area contributed by atoms with Crippen molar-refractivity contribution in [2.45, 2.75) is 31.8 Å². The topological polar surface area (TPSA) is 53.6 Å². The molecule has 0 bridgehead atoms. The molecule has 0 unspecified atom stereocenters. The van der Waals surface area contributed by atoms with Gasteiger partial charge < -0.3 is 14.0 Å². The largest absolute Gasteiger partial charge is 0.384 e. The number of ether oxygens (including phenoxy) is 2. The Balaban J connectivity index is 1.69. The fourth-order valence-corrected chi connectivity index (χ4v) is 5.16. The smallest absolute Gasteiger partial charge is 0.123 e. The van der Waals surface area contributed by atoms with E-state index in [9.17, 15) is 4.39 Å². The summed E-state index contributed by atoms with van der Waals surface area (Å²) < 4.78 is 29.2. The van der Waals surface area contributed by atoms with Gasteiger partial charge in [0.25, 0.3) is 0 Å². The summed E-state index contributed by atoms with van der Waals surface area (Å²) in [4.78, 5) is 4.48. The molecule has 1 fully saturated rings. The van der Waals surface area contributed by atoms with Crippen LogP contribution in [0.1, 0.15) is 36.7 Å². The molecule has 0 atom stereocenters. The van der Waals surface area contributed by atoms with Gasteiger partial charge in [0.2, 0.25) is 0 Å². The number of benzene rings is 2. The Morgan fingerprint density at radius 1 is 1.18 bits per heavy atom. The summed E-state index contributed by atoms with van der Waals surface area (Å²) in [5.41, 5.74) is 7.26. The summed E-state index contributed by atoms with van der Waals surface area (Å²) in [5, 5.41) is 5.81. The molecular weight excluding hydrogens is 431 g/mol. The molecule has 0 N–H and O–H groups in total. The minimum Gasteiger partial charge on any atom is -0.384 e. The molecule has 174 valence electrons. The van der Waals surface area contributed by atoms with Gasteiger partial charge in [-0.2, -0.15) is 5.10 Å². The van der Waals surface area contributed by atoms with Crippen LogP contribution >= 0.6 is 0 Å². The Morgan fingerprint density at radius 2 is 1.97 bits per heavy atom. The van der Waals surface area contributed by atoms with Crippen LogP contribution in [-0.2, 0) is 21.4 Å². The van der Waals surface area contributed by atoms with Crippen molar-refractivity contribution in [2.75, 3.05) is 26.9 Å². The van der Waals surface area contributed by atoms with Crippen molar-refractivity contribution in [3.63, 3.8) is 0 Å².